The quantitative estimate of drug-likeness (QED) is 0.712. The Morgan fingerprint density at radius 1 is 1.00 bits per heavy atom. The highest BCUT2D eigenvalue weighted by Crippen LogP contribution is 2.34. The number of hydrogen-bond acceptors (Lipinski definition) is 5. The number of fused-ring (bicyclic) bond motifs is 1. The molecular formula is C22H26N4O3S. The van der Waals surface area contributed by atoms with E-state index >= 15 is 0 Å². The summed E-state index contributed by atoms with van der Waals surface area (Å²) in [5, 5.41) is 6.97. The summed E-state index contributed by atoms with van der Waals surface area (Å²) >= 11 is 5.61. The molecule has 2 aromatic rings. The van der Waals surface area contributed by atoms with Crippen LogP contribution in [0.4, 0.5) is 5.69 Å². The normalized spacial score (nSPS) is 16.1. The molecule has 1 fully saturated rings. The van der Waals surface area contributed by atoms with Gasteiger partial charge in [-0.1, -0.05) is 30.3 Å². The van der Waals surface area contributed by atoms with Crippen LogP contribution in [0, 0.1) is 0 Å². The first kappa shape index (κ1) is 20.4. The van der Waals surface area contributed by atoms with E-state index in [4.69, 9.17) is 21.7 Å². The lowest BCUT2D eigenvalue weighted by molar-refractivity contribution is -0.122. The number of nitrogens with one attached hydrogen (secondary N) is 2. The Balaban J connectivity index is 1.23. The summed E-state index contributed by atoms with van der Waals surface area (Å²) in [6.45, 7) is 4.53. The van der Waals surface area contributed by atoms with Crippen molar-refractivity contribution < 1.29 is 14.3 Å². The van der Waals surface area contributed by atoms with Gasteiger partial charge in [0.25, 0.3) is 0 Å². The maximum atomic E-state index is 12.3. The van der Waals surface area contributed by atoms with Crippen molar-refractivity contribution >= 4 is 28.9 Å². The minimum atomic E-state index is 0.0494. The highest BCUT2D eigenvalue weighted by atomic mass is 32.1. The van der Waals surface area contributed by atoms with Crippen LogP contribution in [0.25, 0.3) is 0 Å². The van der Waals surface area contributed by atoms with Gasteiger partial charge in [-0.3, -0.25) is 9.69 Å². The molecule has 8 heteroatoms. The molecule has 0 bridgehead atoms. The van der Waals surface area contributed by atoms with E-state index in [9.17, 15) is 4.79 Å². The van der Waals surface area contributed by atoms with Gasteiger partial charge in [0.05, 0.1) is 6.54 Å². The van der Waals surface area contributed by atoms with E-state index in [1.54, 1.807) is 0 Å². The molecule has 2 aromatic carbocycles. The lowest BCUT2D eigenvalue weighted by Gasteiger charge is -2.24. The summed E-state index contributed by atoms with van der Waals surface area (Å²) in [4.78, 5) is 16.7. The second kappa shape index (κ2) is 9.77. The van der Waals surface area contributed by atoms with Crippen molar-refractivity contribution in [2.75, 3.05) is 44.8 Å². The predicted molar refractivity (Wildman–Crippen MR) is 120 cm³/mol. The molecule has 0 saturated carbocycles. The van der Waals surface area contributed by atoms with Crippen LogP contribution in [-0.4, -0.2) is 60.3 Å². The zero-order valence-electron chi connectivity index (χ0n) is 16.8. The predicted octanol–water partition coefficient (Wildman–Crippen LogP) is 2.44. The standard InChI is InChI=1S/C22H26N4O3S/c27-21(23-14-17-5-2-1-3-6-17)15-25-9-4-10-26(12-11-25)22(30)24-18-7-8-19-20(13-18)29-16-28-19/h1-3,5-8,13H,4,9-12,14-16H2,(H,23,27)(H,24,30). The molecule has 0 spiro atoms. The number of anilines is 1. The van der Waals surface area contributed by atoms with Crippen LogP contribution in [0.5, 0.6) is 11.5 Å². The van der Waals surface area contributed by atoms with E-state index in [0.29, 0.717) is 18.2 Å². The number of amides is 1. The smallest absolute Gasteiger partial charge is 0.234 e. The minimum absolute atomic E-state index is 0.0494. The van der Waals surface area contributed by atoms with Crippen molar-refractivity contribution in [2.45, 2.75) is 13.0 Å². The van der Waals surface area contributed by atoms with Crippen molar-refractivity contribution in [3.63, 3.8) is 0 Å². The number of rotatable bonds is 5. The van der Waals surface area contributed by atoms with Gasteiger partial charge in [0.15, 0.2) is 16.6 Å². The Labute approximate surface area is 181 Å². The third-order valence-corrected chi connectivity index (χ3v) is 5.56. The van der Waals surface area contributed by atoms with Gasteiger partial charge >= 0.3 is 0 Å². The van der Waals surface area contributed by atoms with Crippen molar-refractivity contribution in [2.24, 2.45) is 0 Å². The van der Waals surface area contributed by atoms with E-state index < -0.39 is 0 Å². The lowest BCUT2D eigenvalue weighted by Crippen LogP contribution is -2.40. The molecule has 2 aliphatic heterocycles. The molecule has 0 aliphatic carbocycles. The van der Waals surface area contributed by atoms with Crippen LogP contribution in [0.1, 0.15) is 12.0 Å². The Morgan fingerprint density at radius 3 is 2.70 bits per heavy atom. The Hall–Kier alpha value is -2.84. The van der Waals surface area contributed by atoms with Gasteiger partial charge in [0.2, 0.25) is 12.7 Å². The number of nitrogens with zero attached hydrogens (tertiary/aromatic N) is 2. The van der Waals surface area contributed by atoms with E-state index in [-0.39, 0.29) is 12.7 Å². The fourth-order valence-corrected chi connectivity index (χ4v) is 3.86. The number of hydrogen-bond donors (Lipinski definition) is 2. The number of ether oxygens (including phenoxy) is 2. The fourth-order valence-electron chi connectivity index (χ4n) is 3.56. The Morgan fingerprint density at radius 2 is 1.83 bits per heavy atom. The van der Waals surface area contributed by atoms with Crippen LogP contribution < -0.4 is 20.1 Å². The molecule has 0 atom stereocenters. The molecular weight excluding hydrogens is 400 g/mol. The first-order chi connectivity index (χ1) is 14.7. The molecule has 0 aromatic heterocycles. The van der Waals surface area contributed by atoms with E-state index in [1.165, 1.54) is 0 Å². The molecule has 30 heavy (non-hydrogen) atoms. The molecule has 2 heterocycles. The monoisotopic (exact) mass is 426 g/mol. The summed E-state index contributed by atoms with van der Waals surface area (Å²) in [5.74, 6) is 1.53. The number of carbonyl (C=O) groups is 1. The molecule has 2 N–H and O–H groups in total. The summed E-state index contributed by atoms with van der Waals surface area (Å²) in [6, 6.07) is 15.7. The van der Waals surface area contributed by atoms with Gasteiger partial charge in [0.1, 0.15) is 0 Å². The van der Waals surface area contributed by atoms with E-state index in [2.05, 4.69) is 20.4 Å². The van der Waals surface area contributed by atoms with Gasteiger partial charge in [-0.05, 0) is 36.3 Å². The Kier molecular flexibility index (Phi) is 6.66. The first-order valence-electron chi connectivity index (χ1n) is 10.2. The van der Waals surface area contributed by atoms with Gasteiger partial charge in [-0.2, -0.15) is 0 Å². The van der Waals surface area contributed by atoms with Gasteiger partial charge in [-0.25, -0.2) is 0 Å². The average Bonchev–Trinajstić information content (AvgIpc) is 3.10. The maximum Gasteiger partial charge on any atom is 0.234 e. The summed E-state index contributed by atoms with van der Waals surface area (Å²) in [7, 11) is 0. The van der Waals surface area contributed by atoms with Crippen molar-refractivity contribution in [1.29, 1.82) is 0 Å². The zero-order chi connectivity index (χ0) is 20.8. The molecule has 1 saturated heterocycles. The summed E-state index contributed by atoms with van der Waals surface area (Å²) in [5.41, 5.74) is 1.98. The number of thiocarbonyl (C=S) groups is 1. The second-order valence-corrected chi connectivity index (χ2v) is 7.76. The summed E-state index contributed by atoms with van der Waals surface area (Å²) < 4.78 is 10.8. The van der Waals surface area contributed by atoms with Crippen molar-refractivity contribution in [1.82, 2.24) is 15.1 Å². The molecule has 4 rings (SSSR count). The van der Waals surface area contributed by atoms with Crippen molar-refractivity contribution in [3.05, 3.63) is 54.1 Å². The topological polar surface area (TPSA) is 66.1 Å². The Bertz CT molecular complexity index is 893. The average molecular weight is 427 g/mol. The van der Waals surface area contributed by atoms with Crippen LogP contribution >= 0.6 is 12.2 Å². The van der Waals surface area contributed by atoms with E-state index in [1.807, 2.05) is 48.5 Å². The number of carbonyl (C=O) groups excluding carboxylic acids is 1. The second-order valence-electron chi connectivity index (χ2n) is 7.38. The summed E-state index contributed by atoms with van der Waals surface area (Å²) in [6.07, 6.45) is 0.953. The largest absolute Gasteiger partial charge is 0.454 e. The van der Waals surface area contributed by atoms with Gasteiger partial charge in [-0.15, -0.1) is 0 Å². The van der Waals surface area contributed by atoms with Gasteiger partial charge < -0.3 is 25.0 Å². The van der Waals surface area contributed by atoms with E-state index in [0.717, 1.165) is 55.3 Å². The highest BCUT2D eigenvalue weighted by Gasteiger charge is 2.20. The van der Waals surface area contributed by atoms with Crippen LogP contribution in [0.2, 0.25) is 0 Å². The minimum Gasteiger partial charge on any atom is -0.454 e. The number of benzene rings is 2. The van der Waals surface area contributed by atoms with Crippen LogP contribution in [-0.2, 0) is 11.3 Å². The van der Waals surface area contributed by atoms with Crippen LogP contribution in [0.15, 0.2) is 48.5 Å². The third-order valence-electron chi connectivity index (χ3n) is 5.20. The zero-order valence-corrected chi connectivity index (χ0v) is 17.6. The highest BCUT2D eigenvalue weighted by molar-refractivity contribution is 7.80. The molecule has 0 radical (unpaired) electrons. The SMILES string of the molecule is O=C(CN1CCCN(C(=S)Nc2ccc3c(c2)OCO3)CC1)NCc1ccccc1. The molecule has 0 unspecified atom stereocenters. The van der Waals surface area contributed by atoms with Crippen molar-refractivity contribution in [3.8, 4) is 11.5 Å². The first-order valence-corrected chi connectivity index (χ1v) is 10.6. The van der Waals surface area contributed by atoms with Crippen LogP contribution in [0.3, 0.4) is 0 Å². The third kappa shape index (κ3) is 5.40. The maximum absolute atomic E-state index is 12.3. The fraction of sp³-hybridized carbons (Fsp3) is 0.364. The van der Waals surface area contributed by atoms with Gasteiger partial charge in [0, 0.05) is 44.5 Å². The molecule has 1 amide bonds. The molecule has 7 nitrogen and oxygen atoms in total. The molecule has 158 valence electrons. The lowest BCUT2D eigenvalue weighted by atomic mass is 10.2. The molecule has 2 aliphatic rings.